The number of carbonyl (C=O) groups excluding carboxylic acids is 2. The molecule has 1 aromatic carbocycles. The third-order valence-corrected chi connectivity index (χ3v) is 2.56. The Bertz CT molecular complexity index is 425. The van der Waals surface area contributed by atoms with Crippen LogP contribution in [0.4, 0.5) is 5.69 Å². The molecule has 1 atom stereocenters. The molecular formula is C12H13NO4. The van der Waals surface area contributed by atoms with Gasteiger partial charge in [-0.05, 0) is 18.6 Å². The predicted octanol–water partition coefficient (Wildman–Crippen LogP) is 2.39. The van der Waals surface area contributed by atoms with E-state index in [9.17, 15) is 19.7 Å². The SMILES string of the molecule is CC[C@@H](C=O)CC(=O)c1ccc([N+](=O)[O-])cc1. The number of ketones is 1. The van der Waals surface area contributed by atoms with Crippen LogP contribution < -0.4 is 0 Å². The number of hydrogen-bond donors (Lipinski definition) is 0. The molecule has 0 unspecified atom stereocenters. The summed E-state index contributed by atoms with van der Waals surface area (Å²) < 4.78 is 0. The second kappa shape index (κ2) is 5.89. The largest absolute Gasteiger partial charge is 0.303 e. The van der Waals surface area contributed by atoms with Crippen LogP contribution in [0.5, 0.6) is 0 Å². The number of non-ortho nitro benzene ring substituents is 1. The van der Waals surface area contributed by atoms with Gasteiger partial charge in [0.25, 0.3) is 5.69 Å². The average molecular weight is 235 g/mol. The topological polar surface area (TPSA) is 77.3 Å². The first-order valence-electron chi connectivity index (χ1n) is 5.31. The van der Waals surface area contributed by atoms with Gasteiger partial charge in [-0.3, -0.25) is 14.9 Å². The fourth-order valence-electron chi connectivity index (χ4n) is 1.41. The van der Waals surface area contributed by atoms with Gasteiger partial charge >= 0.3 is 0 Å². The summed E-state index contributed by atoms with van der Waals surface area (Å²) in [5.74, 6) is -0.448. The van der Waals surface area contributed by atoms with Crippen molar-refractivity contribution in [2.24, 2.45) is 5.92 Å². The zero-order chi connectivity index (χ0) is 12.8. The van der Waals surface area contributed by atoms with E-state index in [0.717, 1.165) is 6.29 Å². The van der Waals surface area contributed by atoms with Crippen molar-refractivity contribution in [3.63, 3.8) is 0 Å². The van der Waals surface area contributed by atoms with Gasteiger partial charge in [0.2, 0.25) is 0 Å². The first kappa shape index (κ1) is 13.0. The number of nitrogens with zero attached hydrogens (tertiary/aromatic N) is 1. The summed E-state index contributed by atoms with van der Waals surface area (Å²) in [6.45, 7) is 1.84. The summed E-state index contributed by atoms with van der Waals surface area (Å²) in [4.78, 5) is 32.2. The van der Waals surface area contributed by atoms with Crippen LogP contribution in [0.15, 0.2) is 24.3 Å². The second-order valence-electron chi connectivity index (χ2n) is 3.74. The molecular weight excluding hydrogens is 222 g/mol. The Kier molecular flexibility index (Phi) is 4.51. The molecule has 0 aliphatic rings. The quantitative estimate of drug-likeness (QED) is 0.328. The number of Topliss-reactive ketones (excluding diaryl/α,β-unsaturated/α-hetero) is 1. The lowest BCUT2D eigenvalue weighted by Crippen LogP contribution is -2.09. The zero-order valence-electron chi connectivity index (χ0n) is 9.46. The van der Waals surface area contributed by atoms with E-state index in [1.54, 1.807) is 0 Å². The van der Waals surface area contributed by atoms with Gasteiger partial charge < -0.3 is 4.79 Å². The summed E-state index contributed by atoms with van der Waals surface area (Å²) in [5.41, 5.74) is 0.347. The Labute approximate surface area is 98.6 Å². The maximum atomic E-state index is 11.7. The monoisotopic (exact) mass is 235 g/mol. The fourth-order valence-corrected chi connectivity index (χ4v) is 1.41. The van der Waals surface area contributed by atoms with Gasteiger partial charge in [-0.15, -0.1) is 0 Å². The summed E-state index contributed by atoms with van der Waals surface area (Å²) in [7, 11) is 0. The van der Waals surface area contributed by atoms with Gasteiger partial charge in [0.15, 0.2) is 5.78 Å². The van der Waals surface area contributed by atoms with E-state index in [2.05, 4.69) is 0 Å². The molecule has 0 N–H and O–H groups in total. The molecule has 17 heavy (non-hydrogen) atoms. The maximum absolute atomic E-state index is 11.7. The van der Waals surface area contributed by atoms with Gasteiger partial charge in [-0.2, -0.15) is 0 Å². The number of carbonyl (C=O) groups is 2. The average Bonchev–Trinajstić information content (AvgIpc) is 2.35. The number of hydrogen-bond acceptors (Lipinski definition) is 4. The van der Waals surface area contributed by atoms with Gasteiger partial charge in [0.05, 0.1) is 4.92 Å². The predicted molar refractivity (Wildman–Crippen MR) is 61.9 cm³/mol. The van der Waals surface area contributed by atoms with Gasteiger partial charge in [0, 0.05) is 30.0 Å². The molecule has 0 radical (unpaired) electrons. The van der Waals surface area contributed by atoms with Crippen molar-refractivity contribution in [1.82, 2.24) is 0 Å². The van der Waals surface area contributed by atoms with E-state index in [-0.39, 0.29) is 23.8 Å². The molecule has 0 saturated heterocycles. The van der Waals surface area contributed by atoms with Crippen LogP contribution in [0.25, 0.3) is 0 Å². The van der Waals surface area contributed by atoms with Crippen molar-refractivity contribution < 1.29 is 14.5 Å². The van der Waals surface area contributed by atoms with Crippen molar-refractivity contribution in [1.29, 1.82) is 0 Å². The van der Waals surface area contributed by atoms with Gasteiger partial charge in [0.1, 0.15) is 6.29 Å². The summed E-state index contributed by atoms with van der Waals surface area (Å²) in [6.07, 6.45) is 1.53. The van der Waals surface area contributed by atoms with Crippen molar-refractivity contribution in [3.8, 4) is 0 Å². The number of nitro benzene ring substituents is 1. The highest BCUT2D eigenvalue weighted by Crippen LogP contribution is 2.15. The molecule has 5 nitrogen and oxygen atoms in total. The molecule has 0 fully saturated rings. The van der Waals surface area contributed by atoms with E-state index < -0.39 is 4.92 Å². The molecule has 1 rings (SSSR count). The van der Waals surface area contributed by atoms with Gasteiger partial charge in [-0.1, -0.05) is 6.92 Å². The van der Waals surface area contributed by atoms with Crippen LogP contribution in [0.3, 0.4) is 0 Å². The molecule has 0 heterocycles. The molecule has 5 heteroatoms. The molecule has 0 aliphatic heterocycles. The Hall–Kier alpha value is -2.04. The van der Waals surface area contributed by atoms with Crippen LogP contribution in [0.1, 0.15) is 30.1 Å². The van der Waals surface area contributed by atoms with Crippen LogP contribution in [-0.4, -0.2) is 17.0 Å². The zero-order valence-corrected chi connectivity index (χ0v) is 9.46. The molecule has 0 saturated carbocycles. The molecule has 0 bridgehead atoms. The first-order valence-corrected chi connectivity index (χ1v) is 5.31. The molecule has 0 amide bonds. The van der Waals surface area contributed by atoms with E-state index in [4.69, 9.17) is 0 Å². The molecule has 0 spiro atoms. The summed E-state index contributed by atoms with van der Waals surface area (Å²) >= 11 is 0. The van der Waals surface area contributed by atoms with E-state index in [0.29, 0.717) is 12.0 Å². The maximum Gasteiger partial charge on any atom is 0.269 e. The van der Waals surface area contributed by atoms with Crippen molar-refractivity contribution in [2.45, 2.75) is 19.8 Å². The van der Waals surface area contributed by atoms with E-state index in [1.807, 2.05) is 6.92 Å². The minimum Gasteiger partial charge on any atom is -0.303 e. The normalized spacial score (nSPS) is 11.8. The van der Waals surface area contributed by atoms with Crippen LogP contribution in [0.2, 0.25) is 0 Å². The van der Waals surface area contributed by atoms with Crippen molar-refractivity contribution in [2.75, 3.05) is 0 Å². The highest BCUT2D eigenvalue weighted by atomic mass is 16.6. The van der Waals surface area contributed by atoms with E-state index in [1.165, 1.54) is 24.3 Å². The van der Waals surface area contributed by atoms with Gasteiger partial charge in [-0.25, -0.2) is 0 Å². The second-order valence-corrected chi connectivity index (χ2v) is 3.74. The molecule has 1 aromatic rings. The lowest BCUT2D eigenvalue weighted by atomic mass is 9.97. The van der Waals surface area contributed by atoms with Crippen LogP contribution in [0, 0.1) is 16.0 Å². The third-order valence-electron chi connectivity index (χ3n) is 2.56. The fraction of sp³-hybridized carbons (Fsp3) is 0.333. The molecule has 90 valence electrons. The Morgan fingerprint density at radius 3 is 2.41 bits per heavy atom. The van der Waals surface area contributed by atoms with Crippen LogP contribution >= 0.6 is 0 Å². The number of nitro groups is 1. The highest BCUT2D eigenvalue weighted by molar-refractivity contribution is 5.97. The number of rotatable bonds is 6. The number of aldehydes is 1. The van der Waals surface area contributed by atoms with Crippen molar-refractivity contribution >= 4 is 17.8 Å². The molecule has 0 aromatic heterocycles. The van der Waals surface area contributed by atoms with Crippen LogP contribution in [-0.2, 0) is 4.79 Å². The Morgan fingerprint density at radius 2 is 2.00 bits per heavy atom. The number of benzene rings is 1. The Morgan fingerprint density at radius 1 is 1.41 bits per heavy atom. The van der Waals surface area contributed by atoms with E-state index >= 15 is 0 Å². The minimum absolute atomic E-state index is 0.0519. The summed E-state index contributed by atoms with van der Waals surface area (Å²) in [6, 6.07) is 5.40. The lowest BCUT2D eigenvalue weighted by Gasteiger charge is -2.05. The highest BCUT2D eigenvalue weighted by Gasteiger charge is 2.14. The van der Waals surface area contributed by atoms with Crippen molar-refractivity contribution in [3.05, 3.63) is 39.9 Å². The minimum atomic E-state index is -0.519. The standard InChI is InChI=1S/C12H13NO4/c1-2-9(8-14)7-12(15)10-3-5-11(6-4-10)13(16)17/h3-6,8-9H,2,7H2,1H3/t9-/m1/s1. The Balaban J connectivity index is 2.76. The summed E-state index contributed by atoms with van der Waals surface area (Å²) in [5, 5.41) is 10.4. The first-order chi connectivity index (χ1) is 8.08. The molecule has 0 aliphatic carbocycles. The lowest BCUT2D eigenvalue weighted by molar-refractivity contribution is -0.384. The smallest absolute Gasteiger partial charge is 0.269 e. The third kappa shape index (κ3) is 3.48.